The molecule has 2 heterocycles. The Hall–Kier alpha value is -3.54. The SMILES string of the molecule is C=CCN1C(=O)NC(c2ccc(OC)cc2)C2=C1CN(Cc1ccccc1)C2=O. The number of hydrogen-bond acceptors (Lipinski definition) is 3. The van der Waals surface area contributed by atoms with E-state index in [2.05, 4.69) is 11.9 Å². The van der Waals surface area contributed by atoms with Crippen LogP contribution in [0.1, 0.15) is 17.2 Å². The first kappa shape index (κ1) is 18.8. The fraction of sp³-hybridized carbons (Fsp3) is 0.217. The number of nitrogens with zero attached hydrogens (tertiary/aromatic N) is 2. The van der Waals surface area contributed by atoms with Crippen molar-refractivity contribution >= 4 is 11.9 Å². The molecule has 2 aromatic carbocycles. The number of urea groups is 1. The minimum atomic E-state index is -0.488. The van der Waals surface area contributed by atoms with Crippen LogP contribution in [0.3, 0.4) is 0 Å². The lowest BCUT2D eigenvalue weighted by Gasteiger charge is -2.33. The minimum absolute atomic E-state index is 0.0567. The molecule has 0 aromatic heterocycles. The van der Waals surface area contributed by atoms with Crippen LogP contribution in [0.15, 0.2) is 78.5 Å². The van der Waals surface area contributed by atoms with E-state index in [0.29, 0.717) is 25.2 Å². The maximum Gasteiger partial charge on any atom is 0.322 e. The van der Waals surface area contributed by atoms with Gasteiger partial charge in [0.05, 0.1) is 31.0 Å². The minimum Gasteiger partial charge on any atom is -0.497 e. The molecule has 0 spiro atoms. The highest BCUT2D eigenvalue weighted by molar-refractivity contribution is 6.01. The number of carbonyl (C=O) groups is 2. The van der Waals surface area contributed by atoms with Crippen LogP contribution < -0.4 is 10.1 Å². The quantitative estimate of drug-likeness (QED) is 0.772. The van der Waals surface area contributed by atoms with Gasteiger partial charge < -0.3 is 15.0 Å². The van der Waals surface area contributed by atoms with E-state index in [1.54, 1.807) is 23.0 Å². The Morgan fingerprint density at radius 1 is 1.14 bits per heavy atom. The van der Waals surface area contributed by atoms with Crippen molar-refractivity contribution < 1.29 is 14.3 Å². The molecule has 0 saturated carbocycles. The molecule has 148 valence electrons. The Morgan fingerprint density at radius 2 is 1.86 bits per heavy atom. The fourth-order valence-electron chi connectivity index (χ4n) is 3.85. The van der Waals surface area contributed by atoms with E-state index in [-0.39, 0.29) is 11.9 Å². The molecule has 3 amide bonds. The molecule has 1 atom stereocenters. The lowest BCUT2D eigenvalue weighted by Crippen LogP contribution is -2.47. The molecular weight excluding hydrogens is 366 g/mol. The summed E-state index contributed by atoms with van der Waals surface area (Å²) in [5, 5.41) is 2.98. The van der Waals surface area contributed by atoms with Gasteiger partial charge in [0, 0.05) is 13.1 Å². The average Bonchev–Trinajstić information content (AvgIpc) is 3.07. The van der Waals surface area contributed by atoms with Crippen LogP contribution in [0, 0.1) is 0 Å². The van der Waals surface area contributed by atoms with Gasteiger partial charge in [0.25, 0.3) is 5.91 Å². The largest absolute Gasteiger partial charge is 0.497 e. The Morgan fingerprint density at radius 3 is 2.52 bits per heavy atom. The maximum atomic E-state index is 13.3. The van der Waals surface area contributed by atoms with Crippen molar-refractivity contribution in [1.82, 2.24) is 15.1 Å². The summed E-state index contributed by atoms with van der Waals surface area (Å²) in [4.78, 5) is 29.5. The van der Waals surface area contributed by atoms with E-state index in [1.165, 1.54) is 0 Å². The molecule has 0 bridgehead atoms. The normalized spacial score (nSPS) is 18.6. The summed E-state index contributed by atoms with van der Waals surface area (Å²) in [5.41, 5.74) is 3.26. The van der Waals surface area contributed by atoms with Gasteiger partial charge in [-0.05, 0) is 23.3 Å². The van der Waals surface area contributed by atoms with E-state index in [0.717, 1.165) is 22.6 Å². The van der Waals surface area contributed by atoms with E-state index < -0.39 is 6.04 Å². The van der Waals surface area contributed by atoms with E-state index in [9.17, 15) is 9.59 Å². The van der Waals surface area contributed by atoms with Crippen LogP contribution in [0.25, 0.3) is 0 Å². The lowest BCUT2D eigenvalue weighted by atomic mass is 9.95. The topological polar surface area (TPSA) is 61.9 Å². The van der Waals surface area contributed by atoms with Gasteiger partial charge in [-0.1, -0.05) is 48.5 Å². The molecule has 2 aliphatic rings. The van der Waals surface area contributed by atoms with Crippen LogP contribution in [0.5, 0.6) is 5.75 Å². The van der Waals surface area contributed by atoms with E-state index in [1.807, 2.05) is 54.6 Å². The lowest BCUT2D eigenvalue weighted by molar-refractivity contribution is -0.126. The van der Waals surface area contributed by atoms with Crippen molar-refractivity contribution in [3.05, 3.63) is 89.6 Å². The third kappa shape index (κ3) is 3.49. The van der Waals surface area contributed by atoms with Crippen molar-refractivity contribution in [2.75, 3.05) is 20.2 Å². The summed E-state index contributed by atoms with van der Waals surface area (Å²) in [7, 11) is 1.60. The summed E-state index contributed by atoms with van der Waals surface area (Å²) in [6.07, 6.45) is 1.67. The Bertz CT molecular complexity index is 967. The number of rotatable bonds is 6. The second-order valence-corrected chi connectivity index (χ2v) is 7.06. The van der Waals surface area contributed by atoms with Gasteiger partial charge in [0.2, 0.25) is 0 Å². The zero-order valence-electron chi connectivity index (χ0n) is 16.3. The van der Waals surface area contributed by atoms with Crippen LogP contribution in [0.2, 0.25) is 0 Å². The molecule has 1 N–H and O–H groups in total. The molecule has 1 unspecified atom stereocenters. The molecular formula is C23H23N3O3. The van der Waals surface area contributed by atoms with E-state index in [4.69, 9.17) is 4.74 Å². The van der Waals surface area contributed by atoms with Crippen LogP contribution in [-0.4, -0.2) is 41.9 Å². The molecule has 2 aliphatic heterocycles. The van der Waals surface area contributed by atoms with Crippen LogP contribution in [-0.2, 0) is 11.3 Å². The summed E-state index contributed by atoms with van der Waals surface area (Å²) >= 11 is 0. The van der Waals surface area contributed by atoms with Crippen molar-refractivity contribution in [2.45, 2.75) is 12.6 Å². The Balaban J connectivity index is 1.69. The first-order chi connectivity index (χ1) is 14.1. The Labute approximate surface area is 170 Å². The summed E-state index contributed by atoms with van der Waals surface area (Å²) in [6, 6.07) is 16.6. The van der Waals surface area contributed by atoms with Crippen LogP contribution >= 0.6 is 0 Å². The highest BCUT2D eigenvalue weighted by Gasteiger charge is 2.43. The monoisotopic (exact) mass is 389 g/mol. The standard InChI is InChI=1S/C23H23N3O3/c1-3-13-26-19-15-25(14-16-7-5-4-6-8-16)22(27)20(19)21(24-23(26)28)17-9-11-18(29-2)12-10-17/h3-12,21H,1,13-15H2,2H3,(H,24,28). The summed E-state index contributed by atoms with van der Waals surface area (Å²) in [6.45, 7) is 5.00. The number of ether oxygens (including phenoxy) is 1. The highest BCUT2D eigenvalue weighted by Crippen LogP contribution is 2.37. The van der Waals surface area contributed by atoms with Gasteiger partial charge in [-0.3, -0.25) is 9.69 Å². The average molecular weight is 389 g/mol. The van der Waals surface area contributed by atoms with Gasteiger partial charge in [0.1, 0.15) is 5.75 Å². The molecule has 0 saturated heterocycles. The first-order valence-electron chi connectivity index (χ1n) is 9.51. The summed E-state index contributed by atoms with van der Waals surface area (Å²) < 4.78 is 5.22. The number of hydrogen-bond donors (Lipinski definition) is 1. The predicted octanol–water partition coefficient (Wildman–Crippen LogP) is 3.24. The molecule has 29 heavy (non-hydrogen) atoms. The number of amides is 3. The van der Waals surface area contributed by atoms with Gasteiger partial charge >= 0.3 is 6.03 Å². The third-order valence-electron chi connectivity index (χ3n) is 5.27. The molecule has 0 aliphatic carbocycles. The molecule has 4 rings (SSSR count). The number of carbonyl (C=O) groups excluding carboxylic acids is 2. The van der Waals surface area contributed by atoms with Gasteiger partial charge in [-0.2, -0.15) is 0 Å². The van der Waals surface area contributed by atoms with Gasteiger partial charge in [-0.15, -0.1) is 6.58 Å². The first-order valence-corrected chi connectivity index (χ1v) is 9.51. The smallest absolute Gasteiger partial charge is 0.322 e. The Kier molecular flexibility index (Phi) is 5.08. The highest BCUT2D eigenvalue weighted by atomic mass is 16.5. The molecule has 6 heteroatoms. The second-order valence-electron chi connectivity index (χ2n) is 7.06. The third-order valence-corrected chi connectivity index (χ3v) is 5.27. The van der Waals surface area contributed by atoms with Crippen molar-refractivity contribution in [2.24, 2.45) is 0 Å². The number of methoxy groups -OCH3 is 1. The van der Waals surface area contributed by atoms with Crippen LogP contribution in [0.4, 0.5) is 4.79 Å². The van der Waals surface area contributed by atoms with Gasteiger partial charge in [0.15, 0.2) is 0 Å². The molecule has 0 radical (unpaired) electrons. The second kappa shape index (κ2) is 7.83. The van der Waals surface area contributed by atoms with E-state index >= 15 is 0 Å². The van der Waals surface area contributed by atoms with Gasteiger partial charge in [-0.25, -0.2) is 4.79 Å². The molecule has 2 aromatic rings. The maximum absolute atomic E-state index is 13.3. The summed E-state index contributed by atoms with van der Waals surface area (Å²) in [5.74, 6) is 0.667. The van der Waals surface area contributed by atoms with Crippen molar-refractivity contribution in [3.8, 4) is 5.75 Å². The van der Waals surface area contributed by atoms with Crippen molar-refractivity contribution in [3.63, 3.8) is 0 Å². The zero-order chi connectivity index (χ0) is 20.4. The van der Waals surface area contributed by atoms with Crippen molar-refractivity contribution in [1.29, 1.82) is 0 Å². The predicted molar refractivity (Wildman–Crippen MR) is 110 cm³/mol. The molecule has 0 fully saturated rings. The zero-order valence-corrected chi connectivity index (χ0v) is 16.3. The number of benzene rings is 2. The molecule has 6 nitrogen and oxygen atoms in total. The fourth-order valence-corrected chi connectivity index (χ4v) is 3.85. The number of nitrogens with one attached hydrogen (secondary N) is 1.